The normalized spacial score (nSPS) is 25.1. The highest BCUT2D eigenvalue weighted by Crippen LogP contribution is 2.26. The van der Waals surface area contributed by atoms with Gasteiger partial charge >= 0.3 is 6.09 Å². The van der Waals surface area contributed by atoms with Crippen molar-refractivity contribution in [2.45, 2.75) is 84.4 Å². The highest BCUT2D eigenvalue weighted by atomic mass is 16.6. The lowest BCUT2D eigenvalue weighted by atomic mass is 9.84. The summed E-state index contributed by atoms with van der Waals surface area (Å²) < 4.78 is 5.23. The second-order valence-electron chi connectivity index (χ2n) is 7.08. The molecule has 1 atom stereocenters. The lowest BCUT2D eigenvalue weighted by Crippen LogP contribution is -2.45. The summed E-state index contributed by atoms with van der Waals surface area (Å²) in [5.41, 5.74) is -0.431. The third-order valence-corrected chi connectivity index (χ3v) is 3.90. The quantitative estimate of drug-likeness (QED) is 0.813. The molecule has 4 nitrogen and oxygen atoms in total. The zero-order valence-electron chi connectivity index (χ0n) is 13.8. The molecule has 0 aliphatic heterocycles. The van der Waals surface area contributed by atoms with Crippen molar-refractivity contribution in [1.29, 1.82) is 0 Å². The SMILES string of the molecule is CCC1CCC(NC(C)CNC(=O)OC(C)(C)C)CC1. The summed E-state index contributed by atoms with van der Waals surface area (Å²) in [6.07, 6.45) is 6.16. The summed E-state index contributed by atoms with van der Waals surface area (Å²) in [4.78, 5) is 11.6. The maximum absolute atomic E-state index is 11.6. The lowest BCUT2D eigenvalue weighted by molar-refractivity contribution is 0.0522. The molecule has 1 unspecified atom stereocenters. The standard InChI is InChI=1S/C16H32N2O2/c1-6-13-7-9-14(10-8-13)18-12(2)11-17-15(19)20-16(3,4)5/h12-14,18H,6-11H2,1-5H3,(H,17,19). The minimum Gasteiger partial charge on any atom is -0.444 e. The van der Waals surface area contributed by atoms with E-state index in [1.807, 2.05) is 20.8 Å². The molecule has 2 N–H and O–H groups in total. The number of ether oxygens (including phenoxy) is 1. The molecule has 1 fully saturated rings. The minimum absolute atomic E-state index is 0.283. The van der Waals surface area contributed by atoms with E-state index in [1.165, 1.54) is 32.1 Å². The van der Waals surface area contributed by atoms with Gasteiger partial charge in [-0.05, 0) is 59.3 Å². The number of rotatable bonds is 5. The number of hydrogen-bond donors (Lipinski definition) is 2. The van der Waals surface area contributed by atoms with Gasteiger partial charge in [0.05, 0.1) is 0 Å². The molecule has 0 saturated heterocycles. The third-order valence-electron chi connectivity index (χ3n) is 3.90. The summed E-state index contributed by atoms with van der Waals surface area (Å²) in [6.45, 7) is 10.6. The van der Waals surface area contributed by atoms with Gasteiger partial charge in [-0.2, -0.15) is 0 Å². The zero-order chi connectivity index (χ0) is 15.2. The Morgan fingerprint density at radius 1 is 1.25 bits per heavy atom. The van der Waals surface area contributed by atoms with E-state index in [4.69, 9.17) is 4.74 Å². The Kier molecular flexibility index (Phi) is 6.80. The van der Waals surface area contributed by atoms with Gasteiger partial charge in [0.2, 0.25) is 0 Å². The van der Waals surface area contributed by atoms with Crippen LogP contribution < -0.4 is 10.6 Å². The van der Waals surface area contributed by atoms with Gasteiger partial charge < -0.3 is 15.4 Å². The van der Waals surface area contributed by atoms with Crippen LogP contribution in [0, 0.1) is 5.92 Å². The van der Waals surface area contributed by atoms with Crippen LogP contribution in [0.2, 0.25) is 0 Å². The second kappa shape index (κ2) is 7.87. The highest BCUT2D eigenvalue weighted by Gasteiger charge is 2.21. The van der Waals surface area contributed by atoms with Gasteiger partial charge in [0.1, 0.15) is 5.60 Å². The molecule has 1 amide bonds. The van der Waals surface area contributed by atoms with Gasteiger partial charge in [-0.15, -0.1) is 0 Å². The Morgan fingerprint density at radius 3 is 2.35 bits per heavy atom. The molecule has 20 heavy (non-hydrogen) atoms. The van der Waals surface area contributed by atoms with Crippen LogP contribution in [0.4, 0.5) is 4.79 Å². The Bertz CT molecular complexity index is 291. The summed E-state index contributed by atoms with van der Waals surface area (Å²) in [6, 6.07) is 0.888. The first-order chi connectivity index (χ1) is 9.30. The molecule has 1 aliphatic rings. The second-order valence-corrected chi connectivity index (χ2v) is 7.08. The Balaban J connectivity index is 2.17. The van der Waals surface area contributed by atoms with Crippen molar-refractivity contribution in [2.24, 2.45) is 5.92 Å². The van der Waals surface area contributed by atoms with Crippen molar-refractivity contribution in [2.75, 3.05) is 6.54 Å². The van der Waals surface area contributed by atoms with Crippen LogP contribution >= 0.6 is 0 Å². The fraction of sp³-hybridized carbons (Fsp3) is 0.938. The molecule has 1 rings (SSSR count). The highest BCUT2D eigenvalue weighted by molar-refractivity contribution is 5.67. The number of amides is 1. The average molecular weight is 284 g/mol. The van der Waals surface area contributed by atoms with E-state index < -0.39 is 5.60 Å². The van der Waals surface area contributed by atoms with Crippen LogP contribution in [0.3, 0.4) is 0 Å². The maximum Gasteiger partial charge on any atom is 0.407 e. The van der Waals surface area contributed by atoms with Gasteiger partial charge in [0, 0.05) is 18.6 Å². The molecule has 0 radical (unpaired) electrons. The van der Waals surface area contributed by atoms with Gasteiger partial charge in [-0.25, -0.2) is 4.79 Å². The van der Waals surface area contributed by atoms with E-state index >= 15 is 0 Å². The topological polar surface area (TPSA) is 50.4 Å². The van der Waals surface area contributed by atoms with Gasteiger partial charge in [-0.1, -0.05) is 13.3 Å². The average Bonchev–Trinajstić information content (AvgIpc) is 2.35. The molecule has 0 aromatic heterocycles. The molecule has 4 heteroatoms. The predicted octanol–water partition coefficient (Wildman–Crippen LogP) is 3.46. The van der Waals surface area contributed by atoms with Crippen molar-refractivity contribution in [1.82, 2.24) is 10.6 Å². The molecule has 0 spiro atoms. The Morgan fingerprint density at radius 2 is 1.85 bits per heavy atom. The summed E-state index contributed by atoms with van der Waals surface area (Å²) in [5, 5.41) is 6.44. The van der Waals surface area contributed by atoms with Crippen LogP contribution in [-0.2, 0) is 4.74 Å². The first-order valence-corrected chi connectivity index (χ1v) is 8.03. The Labute approximate surface area is 124 Å². The number of hydrogen-bond acceptors (Lipinski definition) is 3. The molecule has 0 aromatic carbocycles. The molecular weight excluding hydrogens is 252 g/mol. The molecule has 0 heterocycles. The van der Waals surface area contributed by atoms with Crippen LogP contribution in [0.1, 0.15) is 66.7 Å². The number of carbonyl (C=O) groups is 1. The van der Waals surface area contributed by atoms with Crippen molar-refractivity contribution in [3.8, 4) is 0 Å². The van der Waals surface area contributed by atoms with Crippen LogP contribution in [0.15, 0.2) is 0 Å². The fourth-order valence-corrected chi connectivity index (χ4v) is 2.75. The molecule has 0 aromatic rings. The monoisotopic (exact) mass is 284 g/mol. The van der Waals surface area contributed by atoms with Crippen LogP contribution in [0.5, 0.6) is 0 Å². The van der Waals surface area contributed by atoms with E-state index in [-0.39, 0.29) is 12.1 Å². The summed E-state index contributed by atoms with van der Waals surface area (Å²) in [7, 11) is 0. The lowest BCUT2D eigenvalue weighted by Gasteiger charge is -2.31. The molecular formula is C16H32N2O2. The first-order valence-electron chi connectivity index (χ1n) is 8.03. The maximum atomic E-state index is 11.6. The van der Waals surface area contributed by atoms with E-state index in [0.717, 1.165) is 5.92 Å². The molecule has 118 valence electrons. The van der Waals surface area contributed by atoms with Crippen molar-refractivity contribution >= 4 is 6.09 Å². The number of carbonyl (C=O) groups excluding carboxylic acids is 1. The largest absolute Gasteiger partial charge is 0.444 e. The smallest absolute Gasteiger partial charge is 0.407 e. The van der Waals surface area contributed by atoms with E-state index in [0.29, 0.717) is 12.6 Å². The van der Waals surface area contributed by atoms with E-state index in [1.54, 1.807) is 0 Å². The van der Waals surface area contributed by atoms with Crippen LogP contribution in [-0.4, -0.2) is 30.3 Å². The molecule has 1 saturated carbocycles. The van der Waals surface area contributed by atoms with Gasteiger partial charge in [-0.3, -0.25) is 0 Å². The zero-order valence-corrected chi connectivity index (χ0v) is 13.8. The number of nitrogens with one attached hydrogen (secondary N) is 2. The summed E-state index contributed by atoms with van der Waals surface area (Å²) >= 11 is 0. The summed E-state index contributed by atoms with van der Waals surface area (Å²) in [5.74, 6) is 0.920. The molecule has 1 aliphatic carbocycles. The third kappa shape index (κ3) is 7.13. The van der Waals surface area contributed by atoms with Crippen molar-refractivity contribution < 1.29 is 9.53 Å². The van der Waals surface area contributed by atoms with E-state index in [9.17, 15) is 4.79 Å². The van der Waals surface area contributed by atoms with Gasteiger partial charge in [0.15, 0.2) is 0 Å². The number of alkyl carbamates (subject to hydrolysis) is 1. The predicted molar refractivity (Wildman–Crippen MR) is 82.9 cm³/mol. The minimum atomic E-state index is -0.431. The van der Waals surface area contributed by atoms with E-state index in [2.05, 4.69) is 24.5 Å². The fourth-order valence-electron chi connectivity index (χ4n) is 2.75. The molecule has 0 bridgehead atoms. The first kappa shape index (κ1) is 17.3. The Hall–Kier alpha value is -0.770. The van der Waals surface area contributed by atoms with Crippen molar-refractivity contribution in [3.63, 3.8) is 0 Å². The van der Waals surface area contributed by atoms with Gasteiger partial charge in [0.25, 0.3) is 0 Å². The van der Waals surface area contributed by atoms with Crippen molar-refractivity contribution in [3.05, 3.63) is 0 Å². The van der Waals surface area contributed by atoms with Crippen LogP contribution in [0.25, 0.3) is 0 Å².